The van der Waals surface area contributed by atoms with Gasteiger partial charge in [-0.1, -0.05) is 60.7 Å². The van der Waals surface area contributed by atoms with Gasteiger partial charge in [-0.3, -0.25) is 4.79 Å². The zero-order valence-corrected chi connectivity index (χ0v) is 17.7. The highest BCUT2D eigenvalue weighted by atomic mass is 16.6. The smallest absolute Gasteiger partial charge is 0.407 e. The molecule has 0 aromatic heterocycles. The minimum atomic E-state index is -1.05. The second kappa shape index (κ2) is 10.8. The van der Waals surface area contributed by atoms with Crippen LogP contribution in [0.4, 0.5) is 4.79 Å². The molecule has 0 spiro atoms. The number of nitrogens with one attached hydrogen (secondary N) is 1. The molecule has 0 radical (unpaired) electrons. The van der Waals surface area contributed by atoms with Gasteiger partial charge in [-0.05, 0) is 51.2 Å². The predicted molar refractivity (Wildman–Crippen MR) is 115 cm³/mol. The molecule has 3 N–H and O–H groups in total. The summed E-state index contributed by atoms with van der Waals surface area (Å²) in [7, 11) is 0. The maximum Gasteiger partial charge on any atom is 0.407 e. The van der Waals surface area contributed by atoms with E-state index in [0.717, 1.165) is 11.1 Å². The van der Waals surface area contributed by atoms with Crippen molar-refractivity contribution in [1.82, 2.24) is 5.32 Å². The molecule has 0 unspecified atom stereocenters. The lowest BCUT2D eigenvalue weighted by Gasteiger charge is -2.28. The number of alkyl carbamates (subject to hydrolysis) is 1. The van der Waals surface area contributed by atoms with Gasteiger partial charge in [0.25, 0.3) is 0 Å². The van der Waals surface area contributed by atoms with Gasteiger partial charge in [0.15, 0.2) is 0 Å². The highest BCUT2D eigenvalue weighted by Crippen LogP contribution is 2.19. The van der Waals surface area contributed by atoms with E-state index in [2.05, 4.69) is 5.32 Å². The van der Waals surface area contributed by atoms with Gasteiger partial charge in [-0.25, -0.2) is 4.79 Å². The second-order valence-electron chi connectivity index (χ2n) is 8.47. The molecule has 3 atom stereocenters. The van der Waals surface area contributed by atoms with Gasteiger partial charge in [0, 0.05) is 0 Å². The highest BCUT2D eigenvalue weighted by Gasteiger charge is 2.29. The molecule has 0 saturated heterocycles. The summed E-state index contributed by atoms with van der Waals surface area (Å²) in [4.78, 5) is 24.1. The minimum Gasteiger partial charge on any atom is -0.481 e. The number of carbonyl (C=O) groups excluding carboxylic acids is 1. The predicted octanol–water partition coefficient (Wildman–Crippen LogP) is 3.82. The number of carbonyl (C=O) groups is 2. The van der Waals surface area contributed by atoms with Crippen molar-refractivity contribution < 1.29 is 24.5 Å². The number of amides is 1. The first-order chi connectivity index (χ1) is 14.1. The van der Waals surface area contributed by atoms with Crippen molar-refractivity contribution in [3.63, 3.8) is 0 Å². The van der Waals surface area contributed by atoms with Gasteiger partial charge in [-0.2, -0.15) is 0 Å². The molecule has 2 aromatic carbocycles. The van der Waals surface area contributed by atoms with E-state index in [-0.39, 0.29) is 6.42 Å². The Kier molecular flexibility index (Phi) is 8.42. The number of hydrogen-bond acceptors (Lipinski definition) is 4. The number of carboxylic acids is 1. The molecule has 162 valence electrons. The van der Waals surface area contributed by atoms with E-state index in [0.29, 0.717) is 12.8 Å². The fourth-order valence-corrected chi connectivity index (χ4v) is 3.24. The van der Waals surface area contributed by atoms with Gasteiger partial charge in [0.1, 0.15) is 5.60 Å². The Hall–Kier alpha value is -2.86. The van der Waals surface area contributed by atoms with Crippen molar-refractivity contribution in [2.24, 2.45) is 5.92 Å². The van der Waals surface area contributed by atoms with Crippen molar-refractivity contribution in [3.05, 3.63) is 71.8 Å². The van der Waals surface area contributed by atoms with E-state index in [4.69, 9.17) is 4.74 Å². The maximum absolute atomic E-state index is 12.3. The molecule has 1 amide bonds. The molecule has 0 bridgehead atoms. The number of benzene rings is 2. The van der Waals surface area contributed by atoms with Crippen molar-refractivity contribution in [3.8, 4) is 0 Å². The molecule has 0 saturated carbocycles. The Balaban J connectivity index is 2.13. The van der Waals surface area contributed by atoms with Crippen molar-refractivity contribution in [1.29, 1.82) is 0 Å². The molecular weight excluding hydrogens is 382 g/mol. The Morgan fingerprint density at radius 1 is 0.933 bits per heavy atom. The van der Waals surface area contributed by atoms with Crippen LogP contribution in [0.2, 0.25) is 0 Å². The number of aliphatic carboxylic acids is 1. The fourth-order valence-electron chi connectivity index (χ4n) is 3.24. The first-order valence-electron chi connectivity index (χ1n) is 10.1. The Labute approximate surface area is 177 Å². The summed E-state index contributed by atoms with van der Waals surface area (Å²) >= 11 is 0. The summed E-state index contributed by atoms with van der Waals surface area (Å²) in [5.41, 5.74) is 1.13. The molecule has 0 aliphatic carbocycles. The Bertz CT molecular complexity index is 801. The van der Waals surface area contributed by atoms with Crippen LogP contribution in [0.5, 0.6) is 0 Å². The van der Waals surface area contributed by atoms with E-state index in [1.807, 2.05) is 60.7 Å². The highest BCUT2D eigenvalue weighted by molar-refractivity contribution is 5.70. The number of carboxylic acid groups (broad SMARTS) is 1. The third-order valence-corrected chi connectivity index (χ3v) is 4.67. The quantitative estimate of drug-likeness (QED) is 0.581. The maximum atomic E-state index is 12.3. The van der Waals surface area contributed by atoms with Gasteiger partial charge in [0.2, 0.25) is 0 Å². The van der Waals surface area contributed by atoms with E-state index < -0.39 is 35.7 Å². The van der Waals surface area contributed by atoms with Crippen molar-refractivity contribution in [2.75, 3.05) is 0 Å². The van der Waals surface area contributed by atoms with Crippen LogP contribution in [0, 0.1) is 5.92 Å². The SMILES string of the molecule is CC(C)(C)OC(=O)N[C@@H](Cc1ccccc1)[C@H](O)C[C@@H](Cc1ccccc1)C(=O)O. The summed E-state index contributed by atoms with van der Waals surface area (Å²) in [6.45, 7) is 5.28. The molecule has 6 heteroatoms. The molecule has 30 heavy (non-hydrogen) atoms. The number of rotatable bonds is 9. The normalized spacial score (nSPS) is 14.4. The number of aliphatic hydroxyl groups excluding tert-OH is 1. The third kappa shape index (κ3) is 8.25. The Morgan fingerprint density at radius 3 is 1.90 bits per heavy atom. The lowest BCUT2D eigenvalue weighted by molar-refractivity contribution is -0.143. The van der Waals surface area contributed by atoms with Crippen LogP contribution < -0.4 is 5.32 Å². The second-order valence-corrected chi connectivity index (χ2v) is 8.47. The average Bonchev–Trinajstić information content (AvgIpc) is 2.67. The van der Waals surface area contributed by atoms with E-state index >= 15 is 0 Å². The molecule has 2 rings (SSSR count). The molecule has 0 fully saturated rings. The van der Waals surface area contributed by atoms with Crippen molar-refractivity contribution >= 4 is 12.1 Å². The average molecular weight is 414 g/mol. The summed E-state index contributed by atoms with van der Waals surface area (Å²) in [6.07, 6.45) is -1.02. The monoisotopic (exact) mass is 413 g/mol. The molecule has 2 aromatic rings. The molecule has 6 nitrogen and oxygen atoms in total. The standard InChI is InChI=1S/C24H31NO5/c1-24(2,3)30-23(29)25-20(15-18-12-8-5-9-13-18)21(26)16-19(22(27)28)14-17-10-6-4-7-11-17/h4-13,19-21,26H,14-16H2,1-3H3,(H,25,29)(H,27,28)/t19-,20+,21-/m1/s1. The topological polar surface area (TPSA) is 95.9 Å². The van der Waals surface area contributed by atoms with Crippen molar-refractivity contribution in [2.45, 2.75) is 57.8 Å². The molecule has 0 aliphatic heterocycles. The summed E-state index contributed by atoms with van der Waals surface area (Å²) in [6, 6.07) is 18.1. The lowest BCUT2D eigenvalue weighted by Crippen LogP contribution is -2.47. The van der Waals surface area contributed by atoms with E-state index in [1.54, 1.807) is 20.8 Å². The lowest BCUT2D eigenvalue weighted by atomic mass is 9.89. The summed E-state index contributed by atoms with van der Waals surface area (Å²) < 4.78 is 5.33. The van der Waals surface area contributed by atoms with E-state index in [1.165, 1.54) is 0 Å². The summed E-state index contributed by atoms with van der Waals surface area (Å²) in [5.74, 6) is -1.75. The third-order valence-electron chi connectivity index (χ3n) is 4.67. The molecular formula is C24H31NO5. The Morgan fingerprint density at radius 2 is 1.43 bits per heavy atom. The van der Waals surface area contributed by atoms with Crippen LogP contribution in [0.25, 0.3) is 0 Å². The minimum absolute atomic E-state index is 0.0114. The number of aliphatic hydroxyl groups is 1. The molecule has 0 heterocycles. The number of ether oxygens (including phenoxy) is 1. The van der Waals surface area contributed by atoms with Gasteiger partial charge in [-0.15, -0.1) is 0 Å². The first-order valence-corrected chi connectivity index (χ1v) is 10.1. The number of hydrogen-bond donors (Lipinski definition) is 3. The molecule has 0 aliphatic rings. The van der Waals surface area contributed by atoms with Crippen LogP contribution in [0.3, 0.4) is 0 Å². The van der Waals surface area contributed by atoms with Gasteiger partial charge < -0.3 is 20.3 Å². The van der Waals surface area contributed by atoms with Crippen LogP contribution in [0.15, 0.2) is 60.7 Å². The zero-order chi connectivity index (χ0) is 22.1. The van der Waals surface area contributed by atoms with Gasteiger partial charge >= 0.3 is 12.1 Å². The van der Waals surface area contributed by atoms with Crippen LogP contribution in [-0.4, -0.2) is 40.0 Å². The van der Waals surface area contributed by atoms with Crippen LogP contribution in [-0.2, 0) is 22.4 Å². The van der Waals surface area contributed by atoms with Crippen LogP contribution in [0.1, 0.15) is 38.3 Å². The first kappa shape index (κ1) is 23.4. The fraction of sp³-hybridized carbons (Fsp3) is 0.417. The van der Waals surface area contributed by atoms with Gasteiger partial charge in [0.05, 0.1) is 18.1 Å². The van der Waals surface area contributed by atoms with Crippen LogP contribution >= 0.6 is 0 Å². The summed E-state index contributed by atoms with van der Waals surface area (Å²) in [5, 5.41) is 23.3. The van der Waals surface area contributed by atoms with E-state index in [9.17, 15) is 19.8 Å². The largest absolute Gasteiger partial charge is 0.481 e. The zero-order valence-electron chi connectivity index (χ0n) is 17.7.